The lowest BCUT2D eigenvalue weighted by Crippen LogP contribution is -2.34. The highest BCUT2D eigenvalue weighted by Gasteiger charge is 2.29. The molecule has 100 valence electrons. The molecule has 1 N–H and O–H groups in total. The molecule has 2 aromatic heterocycles. The fourth-order valence-electron chi connectivity index (χ4n) is 2.04. The minimum atomic E-state index is -0.153. The van der Waals surface area contributed by atoms with E-state index in [9.17, 15) is 4.79 Å². The van der Waals surface area contributed by atoms with Gasteiger partial charge in [-0.25, -0.2) is 0 Å². The molecule has 19 heavy (non-hydrogen) atoms. The van der Waals surface area contributed by atoms with Crippen molar-refractivity contribution in [2.75, 3.05) is 0 Å². The summed E-state index contributed by atoms with van der Waals surface area (Å²) in [5.74, 6) is 1.17. The van der Waals surface area contributed by atoms with Gasteiger partial charge in [-0.2, -0.15) is 0 Å². The number of carbonyl (C=O) groups is 1. The van der Waals surface area contributed by atoms with Crippen LogP contribution in [0.15, 0.2) is 28.1 Å². The Morgan fingerprint density at radius 3 is 3.16 bits per heavy atom. The molecular formula is C14H16N2O2S. The molecule has 1 fully saturated rings. The predicted molar refractivity (Wildman–Crippen MR) is 73.4 cm³/mol. The molecule has 0 saturated heterocycles. The van der Waals surface area contributed by atoms with Gasteiger partial charge in [0.05, 0.1) is 0 Å². The number of carbonyl (C=O) groups excluding carboxylic acids is 1. The van der Waals surface area contributed by atoms with Crippen LogP contribution in [0.5, 0.6) is 0 Å². The van der Waals surface area contributed by atoms with Crippen molar-refractivity contribution in [2.24, 2.45) is 0 Å². The third-order valence-electron chi connectivity index (χ3n) is 3.21. The molecule has 1 amide bonds. The number of amides is 1. The molecule has 0 spiro atoms. The summed E-state index contributed by atoms with van der Waals surface area (Å²) in [6.45, 7) is 2.00. The molecule has 0 bridgehead atoms. The zero-order valence-corrected chi connectivity index (χ0v) is 11.6. The van der Waals surface area contributed by atoms with Crippen molar-refractivity contribution in [2.45, 2.75) is 38.1 Å². The van der Waals surface area contributed by atoms with E-state index in [2.05, 4.69) is 16.5 Å². The van der Waals surface area contributed by atoms with Crippen molar-refractivity contribution in [3.8, 4) is 0 Å². The second kappa shape index (κ2) is 5.17. The summed E-state index contributed by atoms with van der Waals surface area (Å²) in [7, 11) is 0. The third kappa shape index (κ3) is 3.04. The molecule has 1 unspecified atom stereocenters. The predicted octanol–water partition coefficient (Wildman–Crippen LogP) is 2.97. The van der Waals surface area contributed by atoms with E-state index < -0.39 is 0 Å². The van der Waals surface area contributed by atoms with Crippen LogP contribution in [0.3, 0.4) is 0 Å². The van der Waals surface area contributed by atoms with Crippen molar-refractivity contribution in [3.63, 3.8) is 0 Å². The summed E-state index contributed by atoms with van der Waals surface area (Å²) in [6, 6.07) is 5.96. The van der Waals surface area contributed by atoms with E-state index in [1.807, 2.05) is 18.4 Å². The monoisotopic (exact) mass is 276 g/mol. The zero-order valence-electron chi connectivity index (χ0n) is 10.8. The maximum atomic E-state index is 12.0. The van der Waals surface area contributed by atoms with Crippen molar-refractivity contribution >= 4 is 17.2 Å². The second-order valence-corrected chi connectivity index (χ2v) is 6.08. The van der Waals surface area contributed by atoms with Crippen LogP contribution in [0.2, 0.25) is 0 Å². The maximum Gasteiger partial charge on any atom is 0.273 e. The lowest BCUT2D eigenvalue weighted by atomic mass is 10.2. The molecule has 2 heterocycles. The number of nitrogens with zero attached hydrogens (tertiary/aromatic N) is 1. The van der Waals surface area contributed by atoms with E-state index >= 15 is 0 Å². The molecule has 5 heteroatoms. The Kier molecular flexibility index (Phi) is 3.38. The first-order valence-corrected chi connectivity index (χ1v) is 7.40. The summed E-state index contributed by atoms with van der Waals surface area (Å²) >= 11 is 1.70. The first-order chi connectivity index (χ1) is 9.22. The Morgan fingerprint density at radius 2 is 2.47 bits per heavy atom. The molecule has 1 saturated carbocycles. The standard InChI is InChI=1S/C14H16N2O2S/c1-9(7-11-3-2-6-19-11)15-14(17)12-8-13(18-16-12)10-4-5-10/h2-3,6,8-10H,4-5,7H2,1H3,(H,15,17). The Morgan fingerprint density at radius 1 is 1.63 bits per heavy atom. The van der Waals surface area contributed by atoms with E-state index in [4.69, 9.17) is 4.52 Å². The first kappa shape index (κ1) is 12.4. The van der Waals surface area contributed by atoms with Gasteiger partial charge >= 0.3 is 0 Å². The summed E-state index contributed by atoms with van der Waals surface area (Å²) in [5, 5.41) is 8.84. The molecule has 1 aliphatic carbocycles. The van der Waals surface area contributed by atoms with Crippen molar-refractivity contribution in [3.05, 3.63) is 39.9 Å². The largest absolute Gasteiger partial charge is 0.360 e. The topological polar surface area (TPSA) is 55.1 Å². The van der Waals surface area contributed by atoms with E-state index in [0.29, 0.717) is 11.6 Å². The highest BCUT2D eigenvalue weighted by molar-refractivity contribution is 7.09. The van der Waals surface area contributed by atoms with E-state index in [1.165, 1.54) is 4.88 Å². The van der Waals surface area contributed by atoms with E-state index in [1.54, 1.807) is 17.4 Å². The normalized spacial score (nSPS) is 16.3. The fourth-order valence-corrected chi connectivity index (χ4v) is 2.87. The molecule has 1 aliphatic rings. The molecule has 3 rings (SSSR count). The number of hydrogen-bond acceptors (Lipinski definition) is 4. The lowest BCUT2D eigenvalue weighted by Gasteiger charge is -2.11. The average molecular weight is 276 g/mol. The van der Waals surface area contributed by atoms with Gasteiger partial charge in [0.25, 0.3) is 5.91 Å². The van der Waals surface area contributed by atoms with Crippen LogP contribution < -0.4 is 5.32 Å². The van der Waals surface area contributed by atoms with Crippen molar-refractivity contribution in [1.29, 1.82) is 0 Å². The van der Waals surface area contributed by atoms with Gasteiger partial charge in [0, 0.05) is 29.3 Å². The van der Waals surface area contributed by atoms with Crippen LogP contribution in [0.1, 0.15) is 46.8 Å². The van der Waals surface area contributed by atoms with Gasteiger partial charge in [-0.1, -0.05) is 11.2 Å². The SMILES string of the molecule is CC(Cc1cccs1)NC(=O)c1cc(C2CC2)on1. The molecule has 2 aromatic rings. The van der Waals surface area contributed by atoms with Crippen molar-refractivity contribution in [1.82, 2.24) is 10.5 Å². The van der Waals surface area contributed by atoms with E-state index in [-0.39, 0.29) is 11.9 Å². The lowest BCUT2D eigenvalue weighted by molar-refractivity contribution is 0.0931. The Hall–Kier alpha value is -1.62. The van der Waals surface area contributed by atoms with Crippen molar-refractivity contribution < 1.29 is 9.32 Å². The van der Waals surface area contributed by atoms with Crippen LogP contribution in [-0.4, -0.2) is 17.1 Å². The minimum absolute atomic E-state index is 0.0900. The minimum Gasteiger partial charge on any atom is -0.360 e. The van der Waals surface area contributed by atoms with Crippen LogP contribution >= 0.6 is 11.3 Å². The summed E-state index contributed by atoms with van der Waals surface area (Å²) in [5.41, 5.74) is 0.389. The number of thiophene rings is 1. The summed E-state index contributed by atoms with van der Waals surface area (Å²) in [6.07, 6.45) is 3.13. The Balaban J connectivity index is 1.57. The van der Waals surface area contributed by atoms with Gasteiger partial charge in [-0.15, -0.1) is 11.3 Å². The molecule has 0 radical (unpaired) electrons. The molecule has 4 nitrogen and oxygen atoms in total. The maximum absolute atomic E-state index is 12.0. The quantitative estimate of drug-likeness (QED) is 0.913. The Bertz CT molecular complexity index is 558. The van der Waals surface area contributed by atoms with Crippen LogP contribution in [-0.2, 0) is 6.42 Å². The van der Waals surface area contributed by atoms with E-state index in [0.717, 1.165) is 25.0 Å². The van der Waals surface area contributed by atoms with Crippen LogP contribution in [0, 0.1) is 0 Å². The van der Waals surface area contributed by atoms with Gasteiger partial charge in [-0.3, -0.25) is 4.79 Å². The van der Waals surface area contributed by atoms with Gasteiger partial charge in [0.15, 0.2) is 5.69 Å². The number of nitrogens with one attached hydrogen (secondary N) is 1. The summed E-state index contributed by atoms with van der Waals surface area (Å²) in [4.78, 5) is 13.3. The highest BCUT2D eigenvalue weighted by atomic mass is 32.1. The molecular weight excluding hydrogens is 260 g/mol. The van der Waals surface area contributed by atoms with Gasteiger partial charge in [-0.05, 0) is 31.2 Å². The van der Waals surface area contributed by atoms with Gasteiger partial charge < -0.3 is 9.84 Å². The number of aromatic nitrogens is 1. The third-order valence-corrected chi connectivity index (χ3v) is 4.10. The molecule has 1 atom stereocenters. The molecule has 0 aliphatic heterocycles. The fraction of sp³-hybridized carbons (Fsp3) is 0.429. The van der Waals surface area contributed by atoms with Crippen LogP contribution in [0.25, 0.3) is 0 Å². The second-order valence-electron chi connectivity index (χ2n) is 5.05. The molecule has 0 aromatic carbocycles. The average Bonchev–Trinajstić information content (AvgIpc) is 2.91. The Labute approximate surface area is 115 Å². The smallest absolute Gasteiger partial charge is 0.273 e. The summed E-state index contributed by atoms with van der Waals surface area (Å²) < 4.78 is 5.19. The van der Waals surface area contributed by atoms with Gasteiger partial charge in [0.2, 0.25) is 0 Å². The number of hydrogen-bond donors (Lipinski definition) is 1. The number of rotatable bonds is 5. The first-order valence-electron chi connectivity index (χ1n) is 6.52. The highest BCUT2D eigenvalue weighted by Crippen LogP contribution is 2.40. The van der Waals surface area contributed by atoms with Gasteiger partial charge in [0.1, 0.15) is 5.76 Å². The van der Waals surface area contributed by atoms with Crippen LogP contribution in [0.4, 0.5) is 0 Å². The zero-order chi connectivity index (χ0) is 13.2.